The molecule has 0 radical (unpaired) electrons. The molecule has 2 fully saturated rings. The fourth-order valence-corrected chi connectivity index (χ4v) is 3.59. The van der Waals surface area contributed by atoms with Crippen LogP contribution in [0.2, 0.25) is 0 Å². The molecule has 2 unspecified atom stereocenters. The standard InChI is InChI=1S/C17H23N3/c18-11-13-4-3-6-14(10-13)17-15(12-19)5-1-2-9-20(17)16-7-8-16/h3-4,6,10,15-17H,1-2,5,7-9,12,19H2. The number of nitrogens with zero attached hydrogens (tertiary/aromatic N) is 2. The van der Waals surface area contributed by atoms with Crippen molar-refractivity contribution in [1.29, 1.82) is 5.26 Å². The zero-order chi connectivity index (χ0) is 13.9. The van der Waals surface area contributed by atoms with E-state index in [1.807, 2.05) is 12.1 Å². The van der Waals surface area contributed by atoms with Crippen molar-refractivity contribution in [2.45, 2.75) is 44.2 Å². The van der Waals surface area contributed by atoms with Crippen LogP contribution in [0.4, 0.5) is 0 Å². The summed E-state index contributed by atoms with van der Waals surface area (Å²) in [5, 5.41) is 9.14. The summed E-state index contributed by atoms with van der Waals surface area (Å²) in [6, 6.07) is 11.6. The lowest BCUT2D eigenvalue weighted by atomic mass is 9.88. The third kappa shape index (κ3) is 2.72. The molecule has 1 aromatic carbocycles. The van der Waals surface area contributed by atoms with Gasteiger partial charge in [0.15, 0.2) is 0 Å². The van der Waals surface area contributed by atoms with Crippen molar-refractivity contribution in [2.24, 2.45) is 11.7 Å². The van der Waals surface area contributed by atoms with E-state index in [4.69, 9.17) is 11.0 Å². The fraction of sp³-hybridized carbons (Fsp3) is 0.588. The summed E-state index contributed by atoms with van der Waals surface area (Å²) in [6.45, 7) is 1.92. The molecule has 1 aliphatic carbocycles. The van der Waals surface area contributed by atoms with Gasteiger partial charge in [0.25, 0.3) is 0 Å². The summed E-state index contributed by atoms with van der Waals surface area (Å²) >= 11 is 0. The second-order valence-electron chi connectivity index (χ2n) is 6.14. The summed E-state index contributed by atoms with van der Waals surface area (Å²) in [7, 11) is 0. The number of nitriles is 1. The second-order valence-corrected chi connectivity index (χ2v) is 6.14. The van der Waals surface area contributed by atoms with E-state index in [9.17, 15) is 0 Å². The van der Waals surface area contributed by atoms with E-state index in [0.29, 0.717) is 12.0 Å². The Morgan fingerprint density at radius 1 is 1.25 bits per heavy atom. The molecule has 2 N–H and O–H groups in total. The largest absolute Gasteiger partial charge is 0.330 e. The van der Waals surface area contributed by atoms with Gasteiger partial charge in [0.05, 0.1) is 11.6 Å². The van der Waals surface area contributed by atoms with E-state index in [-0.39, 0.29) is 0 Å². The SMILES string of the molecule is N#Cc1cccc(C2C(CN)CCCCN2C2CC2)c1. The molecule has 3 rings (SSSR count). The Morgan fingerprint density at radius 2 is 2.10 bits per heavy atom. The van der Waals surface area contributed by atoms with Crippen LogP contribution < -0.4 is 5.73 Å². The number of likely N-dealkylation sites (tertiary alicyclic amines) is 1. The zero-order valence-corrected chi connectivity index (χ0v) is 12.0. The van der Waals surface area contributed by atoms with Crippen LogP contribution >= 0.6 is 0 Å². The van der Waals surface area contributed by atoms with Crippen LogP contribution in [0.3, 0.4) is 0 Å². The zero-order valence-electron chi connectivity index (χ0n) is 12.0. The molecule has 1 aliphatic heterocycles. The highest BCUT2D eigenvalue weighted by Crippen LogP contribution is 2.41. The highest BCUT2D eigenvalue weighted by Gasteiger charge is 2.38. The normalized spacial score (nSPS) is 27.8. The number of hydrogen-bond donors (Lipinski definition) is 1. The summed E-state index contributed by atoms with van der Waals surface area (Å²) in [6.07, 6.45) is 6.42. The molecular formula is C17H23N3. The maximum atomic E-state index is 9.14. The molecule has 1 heterocycles. The molecular weight excluding hydrogens is 246 g/mol. The van der Waals surface area contributed by atoms with E-state index in [1.54, 1.807) is 0 Å². The average molecular weight is 269 g/mol. The van der Waals surface area contributed by atoms with E-state index in [2.05, 4.69) is 23.1 Å². The minimum Gasteiger partial charge on any atom is -0.330 e. The summed E-state index contributed by atoms with van der Waals surface area (Å²) < 4.78 is 0. The van der Waals surface area contributed by atoms with Crippen LogP contribution in [-0.4, -0.2) is 24.0 Å². The van der Waals surface area contributed by atoms with Crippen molar-refractivity contribution in [3.63, 3.8) is 0 Å². The van der Waals surface area contributed by atoms with E-state index >= 15 is 0 Å². The minimum absolute atomic E-state index is 0.406. The number of rotatable bonds is 3. The Labute approximate surface area is 121 Å². The van der Waals surface area contributed by atoms with Gasteiger partial charge in [0.2, 0.25) is 0 Å². The molecule has 106 valence electrons. The quantitative estimate of drug-likeness (QED) is 0.918. The van der Waals surface area contributed by atoms with Gasteiger partial charge in [0, 0.05) is 12.1 Å². The van der Waals surface area contributed by atoms with Gasteiger partial charge in [-0.15, -0.1) is 0 Å². The first-order valence-electron chi connectivity index (χ1n) is 7.79. The van der Waals surface area contributed by atoms with Crippen LogP contribution in [0.25, 0.3) is 0 Å². The summed E-state index contributed by atoms with van der Waals surface area (Å²) in [5.74, 6) is 0.520. The van der Waals surface area contributed by atoms with E-state index < -0.39 is 0 Å². The highest BCUT2D eigenvalue weighted by molar-refractivity contribution is 5.35. The molecule has 2 atom stereocenters. The monoisotopic (exact) mass is 269 g/mol. The minimum atomic E-state index is 0.406. The molecule has 1 saturated carbocycles. The maximum absolute atomic E-state index is 9.14. The number of hydrogen-bond acceptors (Lipinski definition) is 3. The lowest BCUT2D eigenvalue weighted by Crippen LogP contribution is -2.37. The van der Waals surface area contributed by atoms with Crippen LogP contribution in [0.1, 0.15) is 49.3 Å². The van der Waals surface area contributed by atoms with Gasteiger partial charge in [-0.1, -0.05) is 18.6 Å². The first-order chi connectivity index (χ1) is 9.83. The Morgan fingerprint density at radius 3 is 2.80 bits per heavy atom. The molecule has 0 amide bonds. The van der Waals surface area contributed by atoms with Crippen LogP contribution in [0, 0.1) is 17.2 Å². The molecule has 1 aromatic rings. The molecule has 20 heavy (non-hydrogen) atoms. The summed E-state index contributed by atoms with van der Waals surface area (Å²) in [5.41, 5.74) is 8.11. The predicted octanol–water partition coefficient (Wildman–Crippen LogP) is 2.82. The van der Waals surface area contributed by atoms with Crippen LogP contribution in [0.5, 0.6) is 0 Å². The molecule has 2 aliphatic rings. The molecule has 3 nitrogen and oxygen atoms in total. The first-order valence-corrected chi connectivity index (χ1v) is 7.79. The van der Waals surface area contributed by atoms with E-state index in [0.717, 1.165) is 18.2 Å². The Bertz CT molecular complexity index is 501. The highest BCUT2D eigenvalue weighted by atomic mass is 15.2. The smallest absolute Gasteiger partial charge is 0.0991 e. The van der Waals surface area contributed by atoms with Gasteiger partial charge < -0.3 is 5.73 Å². The third-order valence-electron chi connectivity index (χ3n) is 4.72. The van der Waals surface area contributed by atoms with Crippen molar-refractivity contribution >= 4 is 0 Å². The van der Waals surface area contributed by atoms with Gasteiger partial charge in [-0.2, -0.15) is 5.26 Å². The first kappa shape index (κ1) is 13.6. The van der Waals surface area contributed by atoms with Crippen molar-refractivity contribution in [3.05, 3.63) is 35.4 Å². The second kappa shape index (κ2) is 5.95. The molecule has 0 aromatic heterocycles. The Hall–Kier alpha value is -1.37. The summed E-state index contributed by atoms with van der Waals surface area (Å²) in [4.78, 5) is 2.67. The lowest BCUT2D eigenvalue weighted by molar-refractivity contribution is 0.149. The average Bonchev–Trinajstić information content (AvgIpc) is 3.32. The van der Waals surface area contributed by atoms with Gasteiger partial charge in [-0.3, -0.25) is 4.90 Å². The van der Waals surface area contributed by atoms with Gasteiger partial charge in [0.1, 0.15) is 0 Å². The van der Waals surface area contributed by atoms with Crippen molar-refractivity contribution in [3.8, 4) is 6.07 Å². The van der Waals surface area contributed by atoms with Gasteiger partial charge in [-0.25, -0.2) is 0 Å². The lowest BCUT2D eigenvalue weighted by Gasteiger charge is -2.35. The van der Waals surface area contributed by atoms with Crippen LogP contribution in [0.15, 0.2) is 24.3 Å². The van der Waals surface area contributed by atoms with Crippen molar-refractivity contribution < 1.29 is 0 Å². The van der Waals surface area contributed by atoms with Crippen LogP contribution in [-0.2, 0) is 0 Å². The number of benzene rings is 1. The topological polar surface area (TPSA) is 53.1 Å². The molecule has 0 bridgehead atoms. The van der Waals surface area contributed by atoms with Crippen molar-refractivity contribution in [1.82, 2.24) is 4.90 Å². The maximum Gasteiger partial charge on any atom is 0.0991 e. The van der Waals surface area contributed by atoms with Gasteiger partial charge in [-0.05, 0) is 62.4 Å². The fourth-order valence-electron chi connectivity index (χ4n) is 3.59. The Kier molecular flexibility index (Phi) is 4.05. The van der Waals surface area contributed by atoms with Gasteiger partial charge >= 0.3 is 0 Å². The molecule has 0 spiro atoms. The third-order valence-corrected chi connectivity index (χ3v) is 4.72. The van der Waals surface area contributed by atoms with E-state index in [1.165, 1.54) is 44.2 Å². The molecule has 3 heteroatoms. The predicted molar refractivity (Wildman–Crippen MR) is 80.0 cm³/mol. The van der Waals surface area contributed by atoms with Crippen molar-refractivity contribution in [2.75, 3.05) is 13.1 Å². The Balaban J connectivity index is 1.96. The molecule has 1 saturated heterocycles. The number of nitrogens with two attached hydrogens (primary N) is 1.